The lowest BCUT2D eigenvalue weighted by atomic mass is 9.97. The van der Waals surface area contributed by atoms with Crippen molar-refractivity contribution in [2.24, 2.45) is 5.92 Å². The highest BCUT2D eigenvalue weighted by Gasteiger charge is 2.28. The van der Waals surface area contributed by atoms with E-state index in [0.717, 1.165) is 42.2 Å². The highest BCUT2D eigenvalue weighted by atomic mass is 35.5. The number of benzene rings is 1. The number of hydrogen-bond donors (Lipinski definition) is 1. The molecule has 6 nitrogen and oxygen atoms in total. The molecule has 7 heteroatoms. The van der Waals surface area contributed by atoms with Crippen molar-refractivity contribution in [3.63, 3.8) is 0 Å². The van der Waals surface area contributed by atoms with Crippen LogP contribution in [0.2, 0.25) is 5.02 Å². The Bertz CT molecular complexity index is 699. The largest absolute Gasteiger partial charge is 0.444 e. The number of aliphatic hydroxyl groups excluding tert-OH is 1. The number of piperidine rings is 1. The topological polar surface area (TPSA) is 62.2 Å². The lowest BCUT2D eigenvalue weighted by Crippen LogP contribution is -2.48. The fourth-order valence-corrected chi connectivity index (χ4v) is 4.21. The van der Waals surface area contributed by atoms with Crippen LogP contribution in [-0.2, 0) is 15.9 Å². The third-order valence-corrected chi connectivity index (χ3v) is 5.78. The van der Waals surface area contributed by atoms with Crippen molar-refractivity contribution in [2.75, 3.05) is 44.3 Å². The van der Waals surface area contributed by atoms with Gasteiger partial charge in [-0.15, -0.1) is 0 Å². The Kier molecular flexibility index (Phi) is 7.30. The van der Waals surface area contributed by atoms with Gasteiger partial charge in [-0.05, 0) is 57.2 Å². The van der Waals surface area contributed by atoms with Crippen LogP contribution in [0.1, 0.15) is 39.2 Å². The molecule has 29 heavy (non-hydrogen) atoms. The number of carbonyl (C=O) groups is 1. The summed E-state index contributed by atoms with van der Waals surface area (Å²) in [6.07, 6.45) is 2.32. The van der Waals surface area contributed by atoms with Gasteiger partial charge in [0.05, 0.1) is 30.0 Å². The Morgan fingerprint density at radius 1 is 1.28 bits per heavy atom. The standard InChI is InChI=1S/C22H33ClN2O4/c1-22(2,3)29-21(27)25-10-11-28-18(14-25)12-17-4-5-20(19(23)13-17)24-8-6-16(15-26)7-9-24/h4-5,13,16,18,26H,6-12,14-15H2,1-3H3. The van der Waals surface area contributed by atoms with Crippen LogP contribution >= 0.6 is 11.6 Å². The van der Waals surface area contributed by atoms with Gasteiger partial charge < -0.3 is 24.4 Å². The van der Waals surface area contributed by atoms with Crippen LogP contribution in [0.25, 0.3) is 0 Å². The number of anilines is 1. The quantitative estimate of drug-likeness (QED) is 0.797. The van der Waals surface area contributed by atoms with Gasteiger partial charge in [0.2, 0.25) is 0 Å². The maximum atomic E-state index is 12.3. The molecule has 2 aliphatic rings. The Labute approximate surface area is 178 Å². The van der Waals surface area contributed by atoms with Gasteiger partial charge in [0.25, 0.3) is 0 Å². The van der Waals surface area contributed by atoms with Crippen LogP contribution in [0, 0.1) is 5.92 Å². The molecule has 0 spiro atoms. The predicted octanol–water partition coefficient (Wildman–Crippen LogP) is 3.73. The molecule has 1 amide bonds. The van der Waals surface area contributed by atoms with E-state index in [0.29, 0.717) is 32.0 Å². The Morgan fingerprint density at radius 2 is 2.00 bits per heavy atom. The van der Waals surface area contributed by atoms with Gasteiger partial charge in [-0.3, -0.25) is 0 Å². The van der Waals surface area contributed by atoms with E-state index >= 15 is 0 Å². The summed E-state index contributed by atoms with van der Waals surface area (Å²) in [6.45, 7) is 9.30. The molecule has 0 bridgehead atoms. The molecule has 0 aliphatic carbocycles. The minimum Gasteiger partial charge on any atom is -0.444 e. The maximum absolute atomic E-state index is 12.3. The Balaban J connectivity index is 1.57. The summed E-state index contributed by atoms with van der Waals surface area (Å²) in [5.74, 6) is 0.403. The second-order valence-corrected chi connectivity index (χ2v) is 9.43. The number of halogens is 1. The van der Waals surface area contributed by atoms with E-state index in [1.807, 2.05) is 26.8 Å². The predicted molar refractivity (Wildman–Crippen MR) is 115 cm³/mol. The lowest BCUT2D eigenvalue weighted by molar-refractivity contribution is -0.0415. The number of carbonyl (C=O) groups excluding carboxylic acids is 1. The van der Waals surface area contributed by atoms with Crippen LogP contribution in [-0.4, -0.2) is 67.2 Å². The Hall–Kier alpha value is -1.50. The summed E-state index contributed by atoms with van der Waals surface area (Å²) < 4.78 is 11.4. The summed E-state index contributed by atoms with van der Waals surface area (Å²) in [6, 6.07) is 6.17. The van der Waals surface area contributed by atoms with Crippen molar-refractivity contribution in [2.45, 2.75) is 51.7 Å². The van der Waals surface area contributed by atoms with Gasteiger partial charge in [0.1, 0.15) is 5.60 Å². The van der Waals surface area contributed by atoms with Gasteiger partial charge >= 0.3 is 6.09 Å². The second-order valence-electron chi connectivity index (χ2n) is 9.02. The van der Waals surface area contributed by atoms with Gasteiger partial charge in [0, 0.05) is 32.7 Å². The van der Waals surface area contributed by atoms with E-state index in [1.165, 1.54) is 0 Å². The molecular weight excluding hydrogens is 392 g/mol. The first-order valence-electron chi connectivity index (χ1n) is 10.5. The summed E-state index contributed by atoms with van der Waals surface area (Å²) in [7, 11) is 0. The molecule has 2 fully saturated rings. The number of aliphatic hydroxyl groups is 1. The molecule has 1 aromatic carbocycles. The number of hydrogen-bond acceptors (Lipinski definition) is 5. The first-order chi connectivity index (χ1) is 13.7. The van der Waals surface area contributed by atoms with Crippen molar-refractivity contribution in [3.8, 4) is 0 Å². The van der Waals surface area contributed by atoms with Gasteiger partial charge in [-0.2, -0.15) is 0 Å². The number of ether oxygens (including phenoxy) is 2. The van der Waals surface area contributed by atoms with E-state index in [4.69, 9.17) is 21.1 Å². The highest BCUT2D eigenvalue weighted by molar-refractivity contribution is 6.33. The van der Waals surface area contributed by atoms with Crippen LogP contribution in [0.5, 0.6) is 0 Å². The molecule has 2 saturated heterocycles. The summed E-state index contributed by atoms with van der Waals surface area (Å²) in [4.78, 5) is 16.4. The molecule has 1 aromatic rings. The summed E-state index contributed by atoms with van der Waals surface area (Å²) in [5, 5.41) is 10.1. The SMILES string of the molecule is CC(C)(C)OC(=O)N1CCOC(Cc2ccc(N3CCC(CO)CC3)c(Cl)c2)C1. The number of morpholine rings is 1. The smallest absolute Gasteiger partial charge is 0.410 e. The van der Waals surface area contributed by atoms with E-state index in [1.54, 1.807) is 4.90 Å². The number of nitrogens with zero attached hydrogens (tertiary/aromatic N) is 2. The van der Waals surface area contributed by atoms with Crippen molar-refractivity contribution in [1.29, 1.82) is 0 Å². The molecule has 2 heterocycles. The minimum atomic E-state index is -0.500. The molecule has 0 saturated carbocycles. The van der Waals surface area contributed by atoms with Gasteiger partial charge in [0.15, 0.2) is 0 Å². The third kappa shape index (κ3) is 6.24. The van der Waals surface area contributed by atoms with Crippen molar-refractivity contribution < 1.29 is 19.4 Å². The lowest BCUT2D eigenvalue weighted by Gasteiger charge is -2.35. The van der Waals surface area contributed by atoms with Gasteiger partial charge in [-0.1, -0.05) is 17.7 Å². The van der Waals surface area contributed by atoms with Crippen molar-refractivity contribution in [3.05, 3.63) is 28.8 Å². The van der Waals surface area contributed by atoms with E-state index in [9.17, 15) is 9.90 Å². The van der Waals surface area contributed by atoms with Crippen molar-refractivity contribution in [1.82, 2.24) is 4.90 Å². The van der Waals surface area contributed by atoms with E-state index in [2.05, 4.69) is 17.0 Å². The molecular formula is C22H33ClN2O4. The average Bonchev–Trinajstić information content (AvgIpc) is 2.67. The van der Waals surface area contributed by atoms with Crippen molar-refractivity contribution >= 4 is 23.4 Å². The second kappa shape index (κ2) is 9.54. The van der Waals surface area contributed by atoms with E-state index in [-0.39, 0.29) is 18.8 Å². The zero-order valence-corrected chi connectivity index (χ0v) is 18.5. The zero-order valence-electron chi connectivity index (χ0n) is 17.7. The first-order valence-corrected chi connectivity index (χ1v) is 10.9. The summed E-state index contributed by atoms with van der Waals surface area (Å²) in [5.41, 5.74) is 1.65. The Morgan fingerprint density at radius 3 is 2.62 bits per heavy atom. The number of amides is 1. The molecule has 1 atom stereocenters. The normalized spacial score (nSPS) is 21.3. The highest BCUT2D eigenvalue weighted by Crippen LogP contribution is 2.31. The molecule has 0 radical (unpaired) electrons. The fraction of sp³-hybridized carbons (Fsp3) is 0.682. The fourth-order valence-electron chi connectivity index (χ4n) is 3.89. The summed E-state index contributed by atoms with van der Waals surface area (Å²) >= 11 is 6.59. The molecule has 1 unspecified atom stereocenters. The molecule has 162 valence electrons. The van der Waals surface area contributed by atoms with Gasteiger partial charge in [-0.25, -0.2) is 4.79 Å². The van der Waals surface area contributed by atoms with Crippen LogP contribution in [0.4, 0.5) is 10.5 Å². The molecule has 2 aliphatic heterocycles. The van der Waals surface area contributed by atoms with Crippen LogP contribution in [0.3, 0.4) is 0 Å². The first kappa shape index (κ1) is 22.2. The van der Waals surface area contributed by atoms with Crippen LogP contribution in [0.15, 0.2) is 18.2 Å². The molecule has 1 N–H and O–H groups in total. The molecule has 0 aromatic heterocycles. The van der Waals surface area contributed by atoms with Crippen LogP contribution < -0.4 is 4.90 Å². The average molecular weight is 425 g/mol. The minimum absolute atomic E-state index is 0.0708. The van der Waals surface area contributed by atoms with E-state index < -0.39 is 5.60 Å². The third-order valence-electron chi connectivity index (χ3n) is 5.48. The zero-order chi connectivity index (χ0) is 21.0. The monoisotopic (exact) mass is 424 g/mol. The molecule has 3 rings (SSSR count). The maximum Gasteiger partial charge on any atom is 0.410 e. The number of rotatable bonds is 4.